The number of hydrogen-bond acceptors (Lipinski definition) is 6. The highest BCUT2D eigenvalue weighted by atomic mass is 32.2. The predicted molar refractivity (Wildman–Crippen MR) is 173 cm³/mol. The summed E-state index contributed by atoms with van der Waals surface area (Å²) in [6.07, 6.45) is 12.1. The number of carbonyl (C=O) groups excluding carboxylic acids is 1. The summed E-state index contributed by atoms with van der Waals surface area (Å²) in [5.41, 5.74) is 4.90. The van der Waals surface area contributed by atoms with Crippen LogP contribution in [0.25, 0.3) is 0 Å². The zero-order valence-corrected chi connectivity index (χ0v) is 28.0. The molecule has 1 amide bonds. The molecule has 0 bridgehead atoms. The van der Waals surface area contributed by atoms with Crippen LogP contribution in [0.1, 0.15) is 105 Å². The van der Waals surface area contributed by atoms with Gasteiger partial charge in [-0.1, -0.05) is 77.7 Å². The molecule has 4 aliphatic carbocycles. The van der Waals surface area contributed by atoms with Crippen LogP contribution in [0.5, 0.6) is 0 Å². The van der Waals surface area contributed by atoms with Gasteiger partial charge in [0.05, 0.1) is 22.8 Å². The first-order valence-corrected chi connectivity index (χ1v) is 18.2. The van der Waals surface area contributed by atoms with Crippen LogP contribution in [0.15, 0.2) is 52.0 Å². The Labute approximate surface area is 265 Å². The minimum atomic E-state index is -3.87. The second-order valence-electron chi connectivity index (χ2n) is 15.0. The molecule has 3 saturated carbocycles. The molecule has 3 fully saturated rings. The fourth-order valence-corrected chi connectivity index (χ4v) is 10.8. The third-order valence-corrected chi connectivity index (χ3v) is 13.3. The molecule has 0 aliphatic heterocycles. The lowest BCUT2D eigenvalue weighted by atomic mass is 9.46. The highest BCUT2D eigenvalue weighted by Gasteiger charge is 2.61. The Bertz CT molecular complexity index is 1410. The largest absolute Gasteiger partial charge is 0.297 e. The number of nitrogens with one attached hydrogen (secondary N) is 1. The normalized spacial score (nSPS) is 34.8. The summed E-state index contributed by atoms with van der Waals surface area (Å²) < 4.78 is 32.0. The number of benzene rings is 1. The van der Waals surface area contributed by atoms with Crippen molar-refractivity contribution >= 4 is 21.7 Å². The van der Waals surface area contributed by atoms with Crippen molar-refractivity contribution in [2.45, 2.75) is 116 Å². The molecule has 0 heterocycles. The van der Waals surface area contributed by atoms with Crippen LogP contribution in [-0.4, -0.2) is 26.1 Å². The molecule has 0 unspecified atom stereocenters. The highest BCUT2D eigenvalue weighted by Crippen LogP contribution is 2.67. The molecule has 0 saturated heterocycles. The molecule has 1 aromatic carbocycles. The molecule has 0 aromatic heterocycles. The zero-order chi connectivity index (χ0) is 31.7. The Balaban J connectivity index is 1.43. The van der Waals surface area contributed by atoms with E-state index in [0.29, 0.717) is 36.5 Å². The van der Waals surface area contributed by atoms with Gasteiger partial charge in [-0.25, -0.2) is 5.43 Å². The van der Waals surface area contributed by atoms with Crippen molar-refractivity contribution in [3.8, 4) is 6.07 Å². The zero-order valence-electron chi connectivity index (χ0n) is 27.2. The molecule has 7 nitrogen and oxygen atoms in total. The molecule has 8 atom stereocenters. The van der Waals surface area contributed by atoms with Crippen LogP contribution in [0.2, 0.25) is 0 Å². The molecule has 44 heavy (non-hydrogen) atoms. The van der Waals surface area contributed by atoms with Gasteiger partial charge in [-0.15, -0.1) is 0 Å². The lowest BCUT2D eigenvalue weighted by Crippen LogP contribution is -2.54. The second-order valence-corrected chi connectivity index (χ2v) is 16.6. The fourth-order valence-electron chi connectivity index (χ4n) is 9.66. The fraction of sp³-hybridized carbons (Fsp3) is 0.694. The molecule has 1 aromatic rings. The summed E-state index contributed by atoms with van der Waals surface area (Å²) in [6, 6.07) is 10.3. The Morgan fingerprint density at radius 3 is 2.52 bits per heavy atom. The first-order valence-electron chi connectivity index (χ1n) is 16.8. The van der Waals surface area contributed by atoms with Gasteiger partial charge in [-0.3, -0.25) is 8.98 Å². The van der Waals surface area contributed by atoms with E-state index in [9.17, 15) is 13.2 Å². The predicted octanol–water partition coefficient (Wildman–Crippen LogP) is 7.80. The van der Waals surface area contributed by atoms with Crippen molar-refractivity contribution in [2.75, 3.05) is 0 Å². The maximum absolute atomic E-state index is 13.1. The van der Waals surface area contributed by atoms with Crippen LogP contribution in [-0.2, 0) is 19.1 Å². The molecular weight excluding hydrogens is 570 g/mol. The van der Waals surface area contributed by atoms with Gasteiger partial charge in [-0.05, 0) is 104 Å². The van der Waals surface area contributed by atoms with Crippen LogP contribution in [0.3, 0.4) is 0 Å². The highest BCUT2D eigenvalue weighted by molar-refractivity contribution is 7.86. The maximum atomic E-state index is 13.1. The van der Waals surface area contributed by atoms with Gasteiger partial charge in [-0.2, -0.15) is 18.8 Å². The number of allylic oxidation sites excluding steroid dienone is 1. The average molecular weight is 622 g/mol. The van der Waals surface area contributed by atoms with Crippen LogP contribution in [0, 0.1) is 57.7 Å². The first kappa shape index (κ1) is 32.9. The van der Waals surface area contributed by atoms with Crippen LogP contribution >= 0.6 is 0 Å². The van der Waals surface area contributed by atoms with Crippen molar-refractivity contribution in [1.82, 2.24) is 5.43 Å². The summed E-state index contributed by atoms with van der Waals surface area (Å²) in [7, 11) is -3.87. The first-order chi connectivity index (χ1) is 20.9. The van der Waals surface area contributed by atoms with Gasteiger partial charge >= 0.3 is 0 Å². The van der Waals surface area contributed by atoms with Gasteiger partial charge in [0, 0.05) is 5.92 Å². The van der Waals surface area contributed by atoms with Crippen molar-refractivity contribution in [1.29, 1.82) is 5.26 Å². The van der Waals surface area contributed by atoms with Gasteiger partial charge in [0.1, 0.15) is 6.42 Å². The number of hydrogen-bond donors (Lipinski definition) is 1. The smallest absolute Gasteiger partial charge is 0.272 e. The van der Waals surface area contributed by atoms with E-state index in [0.717, 1.165) is 24.5 Å². The van der Waals surface area contributed by atoms with Crippen LogP contribution in [0.4, 0.5) is 0 Å². The van der Waals surface area contributed by atoms with Crippen LogP contribution < -0.4 is 5.43 Å². The topological polar surface area (TPSA) is 109 Å². The number of amides is 1. The standard InChI is InChI=1S/C36H51N3O4S/c1-24(2)10-9-11-25(3)29-14-15-30-34-31(17-20-36(29,30)5)35(4)19-16-27(43-44(41,42)28-12-7-6-8-13-28)22-26(35)23-32(34)38-39-33(40)18-21-37/h6-8,12-13,23-25,27,29-31,34H,9-11,14-20,22H2,1-5H3,(H,39,40)/b38-32-/t25-,27+,29-,30+,31+,34+,35+,36-/m1/s1. The lowest BCUT2D eigenvalue weighted by Gasteiger charge is -2.58. The second kappa shape index (κ2) is 13.1. The minimum absolute atomic E-state index is 0.0704. The van der Waals surface area contributed by atoms with Crippen molar-refractivity contribution in [3.05, 3.63) is 42.0 Å². The van der Waals surface area contributed by atoms with E-state index in [1.54, 1.807) is 30.3 Å². The Morgan fingerprint density at radius 2 is 1.82 bits per heavy atom. The van der Waals surface area contributed by atoms with Crippen molar-refractivity contribution < 1.29 is 17.4 Å². The van der Waals surface area contributed by atoms with Crippen molar-refractivity contribution in [3.63, 3.8) is 0 Å². The third kappa shape index (κ3) is 6.42. The quantitative estimate of drug-likeness (QED) is 0.212. The number of carbonyl (C=O) groups is 1. The Kier molecular flexibility index (Phi) is 9.78. The van der Waals surface area contributed by atoms with E-state index in [-0.39, 0.29) is 28.1 Å². The number of nitriles is 1. The monoisotopic (exact) mass is 621 g/mol. The molecule has 5 rings (SSSR count). The van der Waals surface area contributed by atoms with Gasteiger partial charge in [0.2, 0.25) is 0 Å². The van der Waals surface area contributed by atoms with E-state index >= 15 is 0 Å². The number of hydrazone groups is 1. The van der Waals surface area contributed by atoms with Gasteiger partial charge in [0.25, 0.3) is 16.0 Å². The molecule has 240 valence electrons. The van der Waals surface area contributed by atoms with Gasteiger partial charge in [0.15, 0.2) is 0 Å². The molecule has 0 radical (unpaired) electrons. The summed E-state index contributed by atoms with van der Waals surface area (Å²) in [5.74, 6) is 2.77. The lowest BCUT2D eigenvalue weighted by molar-refractivity contribution is -0.120. The number of rotatable bonds is 10. The number of nitrogens with zero attached hydrogens (tertiary/aromatic N) is 2. The van der Waals surface area contributed by atoms with E-state index in [1.807, 2.05) is 6.07 Å². The maximum Gasteiger partial charge on any atom is 0.297 e. The Hall–Kier alpha value is -2.50. The van der Waals surface area contributed by atoms with E-state index < -0.39 is 22.1 Å². The Morgan fingerprint density at radius 1 is 1.07 bits per heavy atom. The summed E-state index contributed by atoms with van der Waals surface area (Å²) in [4.78, 5) is 12.5. The molecule has 0 spiro atoms. The SMILES string of the molecule is CC(C)CCC[C@@H](C)[C@H]1CC[C@H]2[C@@H]3/C(=N\NC(=O)CC#N)C=C4C[C@@H](OS(=O)(=O)c5ccccc5)CC[C@]4(C)[C@H]3CC[C@]12C. The molecule has 8 heteroatoms. The number of fused-ring (bicyclic) bond motifs is 5. The molecule has 1 N–H and O–H groups in total. The van der Waals surface area contributed by atoms with E-state index in [2.05, 4.69) is 46.1 Å². The minimum Gasteiger partial charge on any atom is -0.272 e. The van der Waals surface area contributed by atoms with Gasteiger partial charge < -0.3 is 0 Å². The average Bonchev–Trinajstić information content (AvgIpc) is 3.34. The van der Waals surface area contributed by atoms with Crippen molar-refractivity contribution in [2.24, 2.45) is 51.4 Å². The third-order valence-electron chi connectivity index (χ3n) is 12.0. The molecular formula is C36H51N3O4S. The van der Waals surface area contributed by atoms with E-state index in [4.69, 9.17) is 14.5 Å². The molecule has 4 aliphatic rings. The van der Waals surface area contributed by atoms with E-state index in [1.165, 1.54) is 44.1 Å². The summed E-state index contributed by atoms with van der Waals surface area (Å²) in [5, 5.41) is 13.8. The summed E-state index contributed by atoms with van der Waals surface area (Å²) in [6.45, 7) is 12.0. The summed E-state index contributed by atoms with van der Waals surface area (Å²) >= 11 is 0.